The summed E-state index contributed by atoms with van der Waals surface area (Å²) in [5, 5.41) is 11.8. The fourth-order valence-corrected chi connectivity index (χ4v) is 7.85. The van der Waals surface area contributed by atoms with Gasteiger partial charge in [0.1, 0.15) is 43.7 Å². The van der Waals surface area contributed by atoms with Crippen molar-refractivity contribution in [1.82, 2.24) is 10.6 Å². The molecule has 1 heterocycles. The van der Waals surface area contributed by atoms with Crippen molar-refractivity contribution in [3.63, 3.8) is 0 Å². The summed E-state index contributed by atoms with van der Waals surface area (Å²) in [6.45, 7) is 29.6. The molecular formula is C64H94N4O15. The SMILES string of the molecule is CC(C)(C)OC(=O)Nc1ccc2c(c1)OCCOCCOCCOc1cc(NC(=O)OC(C)(C)C)ccc1OCCOCCOCCO2.COC(=O)[C@H](Cc1ccccc1)NC(=O)CCCCNCc1cc(C(C)(C)C)cc(C(C)(C)C)c1. The maximum absolute atomic E-state index is 12.4. The summed E-state index contributed by atoms with van der Waals surface area (Å²) in [5.74, 6) is 1.31. The van der Waals surface area contributed by atoms with E-state index >= 15 is 0 Å². The van der Waals surface area contributed by atoms with Crippen molar-refractivity contribution in [2.24, 2.45) is 0 Å². The van der Waals surface area contributed by atoms with Crippen molar-refractivity contribution in [3.8, 4) is 23.0 Å². The van der Waals surface area contributed by atoms with Crippen LogP contribution in [-0.4, -0.2) is 134 Å². The second-order valence-electron chi connectivity index (χ2n) is 23.8. The third kappa shape index (κ3) is 29.0. The van der Waals surface area contributed by atoms with Gasteiger partial charge in [0.2, 0.25) is 5.91 Å². The normalized spacial score (nSPS) is 14.9. The molecule has 0 fully saturated rings. The Morgan fingerprint density at radius 2 is 0.916 bits per heavy atom. The van der Waals surface area contributed by atoms with E-state index in [-0.39, 0.29) is 43.2 Å². The monoisotopic (exact) mass is 1160 g/mol. The molecule has 460 valence electrons. The largest absolute Gasteiger partial charge is 0.487 e. The fraction of sp³-hybridized carbons (Fsp3) is 0.562. The Morgan fingerprint density at radius 3 is 1.33 bits per heavy atom. The van der Waals surface area contributed by atoms with Gasteiger partial charge in [0.15, 0.2) is 23.0 Å². The van der Waals surface area contributed by atoms with E-state index in [0.29, 0.717) is 100 Å². The maximum Gasteiger partial charge on any atom is 0.412 e. The second kappa shape index (κ2) is 34.8. The van der Waals surface area contributed by atoms with Crippen LogP contribution in [0.2, 0.25) is 0 Å². The first-order valence-corrected chi connectivity index (χ1v) is 28.6. The molecule has 3 amide bonds. The first kappa shape index (κ1) is 68.9. The number of esters is 1. The summed E-state index contributed by atoms with van der Waals surface area (Å²) < 4.78 is 61.8. The number of benzene rings is 4. The molecule has 4 aromatic carbocycles. The van der Waals surface area contributed by atoms with Crippen LogP contribution in [0.4, 0.5) is 21.0 Å². The molecule has 0 saturated heterocycles. The highest BCUT2D eigenvalue weighted by Crippen LogP contribution is 2.33. The van der Waals surface area contributed by atoms with E-state index in [1.165, 1.54) is 23.8 Å². The number of hydrogen-bond donors (Lipinski definition) is 4. The standard InChI is InChI=1S/C34H50N2O12.C30H44N2O3/c1-33(2,3)47-31(37)35-25-7-9-27-29(23-25)45-21-17-41-13-14-42-18-22-46-30-24-26(36-32(38)48-34(4,5)6)8-10-28(30)44-20-16-40-12-11-39-15-19-43-27;1-29(2,3)24-17-23(18-25(20-24)30(4,5)6)21-31-16-12-11-15-27(33)32-26(28(34)35-7)19-22-13-9-8-10-14-22/h7-10,23-24H,11-22H2,1-6H3,(H,35,37)(H,36,38);8-10,13-14,17-18,20,26,31H,11-12,15-16,19,21H2,1-7H3,(H,32,33)/t;26-/m.0/s1. The maximum atomic E-state index is 12.4. The molecule has 1 aliphatic rings. The minimum absolute atomic E-state index is 0.103. The lowest BCUT2D eigenvalue weighted by molar-refractivity contribution is -0.145. The minimum Gasteiger partial charge on any atom is -0.487 e. The van der Waals surface area contributed by atoms with E-state index in [1.54, 1.807) is 77.9 Å². The molecular weight excluding hydrogens is 1060 g/mol. The van der Waals surface area contributed by atoms with E-state index in [1.807, 2.05) is 30.3 Å². The molecule has 0 spiro atoms. The number of amides is 3. The van der Waals surface area contributed by atoms with Gasteiger partial charge in [-0.05, 0) is 118 Å². The molecule has 1 aliphatic heterocycles. The lowest BCUT2D eigenvalue weighted by atomic mass is 9.79. The number of ether oxygens (including phenoxy) is 11. The van der Waals surface area contributed by atoms with Crippen molar-refractivity contribution in [2.45, 2.75) is 143 Å². The van der Waals surface area contributed by atoms with Crippen molar-refractivity contribution < 1.29 is 71.3 Å². The molecule has 0 unspecified atom stereocenters. The van der Waals surface area contributed by atoms with Crippen molar-refractivity contribution in [1.29, 1.82) is 0 Å². The fourth-order valence-electron chi connectivity index (χ4n) is 7.85. The molecule has 19 nitrogen and oxygen atoms in total. The molecule has 4 N–H and O–H groups in total. The Morgan fingerprint density at radius 1 is 0.494 bits per heavy atom. The van der Waals surface area contributed by atoms with Crippen LogP contribution < -0.4 is 40.2 Å². The van der Waals surface area contributed by atoms with Gasteiger partial charge in [-0.15, -0.1) is 0 Å². The highest BCUT2D eigenvalue weighted by Gasteiger charge is 2.24. The number of carbonyl (C=O) groups is 4. The van der Waals surface area contributed by atoms with Crippen LogP contribution in [0.1, 0.15) is 125 Å². The highest BCUT2D eigenvalue weighted by atomic mass is 16.6. The van der Waals surface area contributed by atoms with Crippen molar-refractivity contribution >= 4 is 35.4 Å². The van der Waals surface area contributed by atoms with E-state index < -0.39 is 35.4 Å². The van der Waals surface area contributed by atoms with Gasteiger partial charge in [0.25, 0.3) is 0 Å². The average Bonchev–Trinajstić information content (AvgIpc) is 3.62. The Bertz CT molecular complexity index is 2460. The Labute approximate surface area is 492 Å². The number of anilines is 2. The molecule has 0 aliphatic carbocycles. The Kier molecular flexibility index (Phi) is 28.9. The van der Waals surface area contributed by atoms with Crippen molar-refractivity contribution in [2.75, 3.05) is 104 Å². The summed E-state index contributed by atoms with van der Waals surface area (Å²) in [6, 6.07) is 26.1. The smallest absolute Gasteiger partial charge is 0.412 e. The zero-order chi connectivity index (χ0) is 60.9. The second-order valence-corrected chi connectivity index (χ2v) is 23.8. The lowest BCUT2D eigenvalue weighted by Crippen LogP contribution is -2.43. The van der Waals surface area contributed by atoms with E-state index in [4.69, 9.17) is 52.1 Å². The predicted molar refractivity (Wildman–Crippen MR) is 321 cm³/mol. The lowest BCUT2D eigenvalue weighted by Gasteiger charge is -2.26. The van der Waals surface area contributed by atoms with Gasteiger partial charge >= 0.3 is 18.2 Å². The third-order valence-electron chi connectivity index (χ3n) is 12.0. The Balaban J connectivity index is 0.000000375. The average molecular weight is 1160 g/mol. The highest BCUT2D eigenvalue weighted by molar-refractivity contribution is 5.86. The molecule has 5 rings (SSSR count). The van der Waals surface area contributed by atoms with Crippen LogP contribution in [0.3, 0.4) is 0 Å². The van der Waals surface area contributed by atoms with Gasteiger partial charge in [-0.3, -0.25) is 15.4 Å². The van der Waals surface area contributed by atoms with E-state index in [2.05, 4.69) is 81.0 Å². The molecule has 4 aromatic rings. The molecule has 0 aromatic heterocycles. The zero-order valence-electron chi connectivity index (χ0n) is 51.5. The molecule has 83 heavy (non-hydrogen) atoms. The summed E-state index contributed by atoms with van der Waals surface area (Å²) >= 11 is 0. The number of carbonyl (C=O) groups excluding carboxylic acids is 4. The number of unbranched alkanes of at least 4 members (excludes halogenated alkanes) is 1. The van der Waals surface area contributed by atoms with Crippen LogP contribution in [0, 0.1) is 0 Å². The quantitative estimate of drug-likeness (QED) is 0.0556. The van der Waals surface area contributed by atoms with Gasteiger partial charge < -0.3 is 62.7 Å². The van der Waals surface area contributed by atoms with Crippen molar-refractivity contribution in [3.05, 3.63) is 107 Å². The summed E-state index contributed by atoms with van der Waals surface area (Å²) in [6.07, 6.45) is 1.30. The predicted octanol–water partition coefficient (Wildman–Crippen LogP) is 11.1. The number of methoxy groups -OCH3 is 1. The van der Waals surface area contributed by atoms with Gasteiger partial charge in [0.05, 0.1) is 60.0 Å². The van der Waals surface area contributed by atoms with Crippen LogP contribution in [-0.2, 0) is 66.5 Å². The topological polar surface area (TPSA) is 218 Å². The number of fused-ring (bicyclic) bond motifs is 2. The van der Waals surface area contributed by atoms with Gasteiger partial charge in [-0.1, -0.05) is 90.1 Å². The summed E-state index contributed by atoms with van der Waals surface area (Å²) in [4.78, 5) is 49.1. The van der Waals surface area contributed by atoms with Crippen LogP contribution in [0.5, 0.6) is 23.0 Å². The van der Waals surface area contributed by atoms with Crippen LogP contribution >= 0.6 is 0 Å². The van der Waals surface area contributed by atoms with E-state index in [0.717, 1.165) is 31.5 Å². The molecule has 19 heteroatoms. The number of nitrogens with one attached hydrogen (secondary N) is 4. The Hall–Kier alpha value is -6.64. The summed E-state index contributed by atoms with van der Waals surface area (Å²) in [7, 11) is 1.35. The molecule has 0 radical (unpaired) electrons. The van der Waals surface area contributed by atoms with E-state index in [9.17, 15) is 19.2 Å². The zero-order valence-corrected chi connectivity index (χ0v) is 51.5. The molecule has 0 saturated carbocycles. The van der Waals surface area contributed by atoms with Crippen LogP contribution in [0.25, 0.3) is 0 Å². The first-order valence-electron chi connectivity index (χ1n) is 28.6. The first-order chi connectivity index (χ1) is 39.3. The minimum atomic E-state index is -0.667. The van der Waals surface area contributed by atoms with Gasteiger partial charge in [-0.2, -0.15) is 0 Å². The molecule has 0 bridgehead atoms. The number of rotatable bonds is 13. The number of hydrogen-bond acceptors (Lipinski definition) is 16. The van der Waals surface area contributed by atoms with Crippen LogP contribution in [0.15, 0.2) is 84.9 Å². The van der Waals surface area contributed by atoms with Gasteiger partial charge in [0, 0.05) is 42.9 Å². The third-order valence-corrected chi connectivity index (χ3v) is 12.0. The van der Waals surface area contributed by atoms with Gasteiger partial charge in [-0.25, -0.2) is 14.4 Å². The summed E-state index contributed by atoms with van der Waals surface area (Å²) in [5.41, 5.74) is 4.91. The molecule has 1 atom stereocenters.